The number of imidazole rings is 1. The standard InChI is InChI=1S/C30H38N4O3/c35-27(36)19-25(22-12-6-2-7-13-22)32-30(37)24-16-17-34-26(18-24)33-28(23-14-8-3-9-15-23)29(34)31-20-21-10-4-1-5-11-21/h1,4-5,10-11,16-18,22-23,25,31H,2-3,6-9,12-15,19-20H2,(H,32,37)(H,35,36). The first-order chi connectivity index (χ1) is 18.1. The number of rotatable bonds is 9. The SMILES string of the molecule is O=C(O)CC(NC(=O)c1ccn2c(NCc3ccccc3)c(C3CCCCC3)nc2c1)C1CCCCC1. The molecule has 0 bridgehead atoms. The van der Waals surface area contributed by atoms with Gasteiger partial charge in [0.05, 0.1) is 12.1 Å². The van der Waals surface area contributed by atoms with E-state index < -0.39 is 5.97 Å². The fraction of sp³-hybridized carbons (Fsp3) is 0.500. The summed E-state index contributed by atoms with van der Waals surface area (Å²) in [7, 11) is 0. The summed E-state index contributed by atoms with van der Waals surface area (Å²) in [6.07, 6.45) is 13.2. The van der Waals surface area contributed by atoms with Gasteiger partial charge in [-0.25, -0.2) is 4.98 Å². The lowest BCUT2D eigenvalue weighted by molar-refractivity contribution is -0.137. The van der Waals surface area contributed by atoms with Crippen molar-refractivity contribution in [1.82, 2.24) is 14.7 Å². The summed E-state index contributed by atoms with van der Waals surface area (Å²) in [6.45, 7) is 0.703. The van der Waals surface area contributed by atoms with Crippen LogP contribution in [-0.2, 0) is 11.3 Å². The second-order valence-electron chi connectivity index (χ2n) is 10.7. The highest BCUT2D eigenvalue weighted by Gasteiger charge is 2.28. The average Bonchev–Trinajstić information content (AvgIpc) is 3.30. The first kappa shape index (κ1) is 25.3. The third-order valence-electron chi connectivity index (χ3n) is 8.14. The Kier molecular flexibility index (Phi) is 8.07. The topological polar surface area (TPSA) is 95.7 Å². The van der Waals surface area contributed by atoms with Crippen LogP contribution in [0.25, 0.3) is 5.65 Å². The van der Waals surface area contributed by atoms with Crippen molar-refractivity contribution in [1.29, 1.82) is 0 Å². The minimum absolute atomic E-state index is 0.0403. The number of nitrogens with zero attached hydrogens (tertiary/aromatic N) is 2. The number of pyridine rings is 1. The third-order valence-corrected chi connectivity index (χ3v) is 8.14. The number of nitrogens with one attached hydrogen (secondary N) is 2. The number of benzene rings is 1. The number of carboxylic acid groups (broad SMARTS) is 1. The molecule has 2 heterocycles. The minimum atomic E-state index is -0.870. The Labute approximate surface area is 218 Å². The van der Waals surface area contributed by atoms with Gasteiger partial charge in [-0.05, 0) is 49.3 Å². The molecule has 1 unspecified atom stereocenters. The molecule has 0 spiro atoms. The molecule has 5 rings (SSSR count). The summed E-state index contributed by atoms with van der Waals surface area (Å²) < 4.78 is 2.06. The molecule has 0 aliphatic heterocycles. The molecule has 1 atom stereocenters. The quantitative estimate of drug-likeness (QED) is 0.326. The van der Waals surface area contributed by atoms with Crippen molar-refractivity contribution in [2.45, 2.75) is 89.1 Å². The number of anilines is 1. The number of hydrogen-bond donors (Lipinski definition) is 3. The van der Waals surface area contributed by atoms with Crippen LogP contribution in [0.3, 0.4) is 0 Å². The Bertz CT molecular complexity index is 1210. The van der Waals surface area contributed by atoms with Crippen molar-refractivity contribution in [3.63, 3.8) is 0 Å². The smallest absolute Gasteiger partial charge is 0.305 e. The van der Waals surface area contributed by atoms with Crippen LogP contribution >= 0.6 is 0 Å². The van der Waals surface area contributed by atoms with Gasteiger partial charge in [0.1, 0.15) is 11.5 Å². The predicted molar refractivity (Wildman–Crippen MR) is 145 cm³/mol. The highest BCUT2D eigenvalue weighted by Crippen LogP contribution is 2.37. The van der Waals surface area contributed by atoms with Gasteiger partial charge >= 0.3 is 5.97 Å². The van der Waals surface area contributed by atoms with Gasteiger partial charge in [0.25, 0.3) is 5.91 Å². The van der Waals surface area contributed by atoms with Crippen LogP contribution in [-0.4, -0.2) is 32.4 Å². The van der Waals surface area contributed by atoms with Gasteiger partial charge in [-0.1, -0.05) is 68.9 Å². The Morgan fingerprint density at radius 1 is 0.973 bits per heavy atom. The van der Waals surface area contributed by atoms with E-state index in [4.69, 9.17) is 4.98 Å². The number of carbonyl (C=O) groups is 2. The molecule has 1 amide bonds. The van der Waals surface area contributed by atoms with Crippen LogP contribution < -0.4 is 10.6 Å². The first-order valence-corrected chi connectivity index (χ1v) is 13.9. The molecule has 1 aromatic carbocycles. The third kappa shape index (κ3) is 6.14. The molecule has 3 N–H and O–H groups in total. The average molecular weight is 503 g/mol. The molecule has 0 saturated heterocycles. The fourth-order valence-corrected chi connectivity index (χ4v) is 6.13. The number of amides is 1. The lowest BCUT2D eigenvalue weighted by Crippen LogP contribution is -2.42. The highest BCUT2D eigenvalue weighted by atomic mass is 16.4. The van der Waals surface area contributed by atoms with Crippen LogP contribution in [0.15, 0.2) is 48.7 Å². The van der Waals surface area contributed by atoms with Crippen molar-refractivity contribution in [3.05, 3.63) is 65.5 Å². The van der Waals surface area contributed by atoms with E-state index in [1.165, 1.54) is 31.2 Å². The van der Waals surface area contributed by atoms with Crippen LogP contribution in [0.1, 0.15) is 98.2 Å². The van der Waals surface area contributed by atoms with Gasteiger partial charge in [0.15, 0.2) is 0 Å². The second-order valence-corrected chi connectivity index (χ2v) is 10.7. The number of aromatic nitrogens is 2. The van der Waals surface area contributed by atoms with E-state index in [2.05, 4.69) is 27.2 Å². The number of carbonyl (C=O) groups excluding carboxylic acids is 1. The Balaban J connectivity index is 1.40. The molecule has 0 radical (unpaired) electrons. The molecule has 7 heteroatoms. The number of hydrogen-bond acceptors (Lipinski definition) is 4. The molecule has 2 aliphatic carbocycles. The normalized spacial score (nSPS) is 17.9. The summed E-state index contributed by atoms with van der Waals surface area (Å²) in [6, 6.07) is 13.6. The van der Waals surface area contributed by atoms with Gasteiger partial charge in [-0.2, -0.15) is 0 Å². The van der Waals surface area contributed by atoms with Crippen molar-refractivity contribution in [2.75, 3.05) is 5.32 Å². The molecular weight excluding hydrogens is 464 g/mol. The van der Waals surface area contributed by atoms with E-state index in [9.17, 15) is 14.7 Å². The summed E-state index contributed by atoms with van der Waals surface area (Å²) in [5.74, 6) is 0.543. The van der Waals surface area contributed by atoms with E-state index >= 15 is 0 Å². The molecule has 37 heavy (non-hydrogen) atoms. The molecule has 196 valence electrons. The molecule has 7 nitrogen and oxygen atoms in total. The molecule has 2 aliphatic rings. The number of fused-ring (bicyclic) bond motifs is 1. The number of carboxylic acids is 1. The molecule has 2 saturated carbocycles. The van der Waals surface area contributed by atoms with Crippen LogP contribution in [0.4, 0.5) is 5.82 Å². The van der Waals surface area contributed by atoms with E-state index in [0.29, 0.717) is 18.0 Å². The van der Waals surface area contributed by atoms with E-state index in [0.717, 1.165) is 55.7 Å². The maximum atomic E-state index is 13.3. The zero-order valence-corrected chi connectivity index (χ0v) is 21.5. The Hall–Kier alpha value is -3.35. The van der Waals surface area contributed by atoms with Gasteiger partial charge in [-0.3, -0.25) is 14.0 Å². The van der Waals surface area contributed by atoms with Crippen LogP contribution in [0.5, 0.6) is 0 Å². The van der Waals surface area contributed by atoms with Crippen molar-refractivity contribution < 1.29 is 14.7 Å². The highest BCUT2D eigenvalue weighted by molar-refractivity contribution is 5.95. The molecule has 3 aromatic rings. The van der Waals surface area contributed by atoms with Crippen LogP contribution in [0.2, 0.25) is 0 Å². The Morgan fingerprint density at radius 2 is 1.68 bits per heavy atom. The zero-order valence-electron chi connectivity index (χ0n) is 21.5. The minimum Gasteiger partial charge on any atom is -0.481 e. The summed E-state index contributed by atoms with van der Waals surface area (Å²) in [4.78, 5) is 29.8. The number of aliphatic carboxylic acids is 1. The molecule has 2 aromatic heterocycles. The predicted octanol–water partition coefficient (Wildman–Crippen LogP) is 6.15. The second kappa shape index (κ2) is 11.8. The van der Waals surface area contributed by atoms with Gasteiger partial charge in [-0.15, -0.1) is 0 Å². The molecular formula is C30H38N4O3. The van der Waals surface area contributed by atoms with E-state index in [-0.39, 0.29) is 24.3 Å². The van der Waals surface area contributed by atoms with Gasteiger partial charge in [0.2, 0.25) is 0 Å². The first-order valence-electron chi connectivity index (χ1n) is 13.9. The largest absolute Gasteiger partial charge is 0.481 e. The van der Waals surface area contributed by atoms with Crippen molar-refractivity contribution in [3.8, 4) is 0 Å². The monoisotopic (exact) mass is 502 g/mol. The zero-order chi connectivity index (χ0) is 25.6. The molecule has 2 fully saturated rings. The van der Waals surface area contributed by atoms with Crippen LogP contribution in [0, 0.1) is 5.92 Å². The summed E-state index contributed by atoms with van der Waals surface area (Å²) in [5, 5.41) is 16.1. The summed E-state index contributed by atoms with van der Waals surface area (Å²) >= 11 is 0. The lowest BCUT2D eigenvalue weighted by Gasteiger charge is -2.30. The maximum Gasteiger partial charge on any atom is 0.305 e. The van der Waals surface area contributed by atoms with E-state index in [1.54, 1.807) is 0 Å². The van der Waals surface area contributed by atoms with E-state index in [1.807, 2.05) is 36.5 Å². The van der Waals surface area contributed by atoms with Crippen molar-refractivity contribution >= 4 is 23.3 Å². The summed E-state index contributed by atoms with van der Waals surface area (Å²) in [5.41, 5.74) is 3.55. The lowest BCUT2D eigenvalue weighted by atomic mass is 9.82. The van der Waals surface area contributed by atoms with Gasteiger partial charge in [0, 0.05) is 30.3 Å². The van der Waals surface area contributed by atoms with Gasteiger partial charge < -0.3 is 15.7 Å². The van der Waals surface area contributed by atoms with Crippen molar-refractivity contribution in [2.24, 2.45) is 5.92 Å². The Morgan fingerprint density at radius 3 is 2.38 bits per heavy atom. The fourth-order valence-electron chi connectivity index (χ4n) is 6.13. The maximum absolute atomic E-state index is 13.3.